The summed E-state index contributed by atoms with van der Waals surface area (Å²) in [6, 6.07) is 0. The first-order valence-electron chi connectivity index (χ1n) is 9.47. The summed E-state index contributed by atoms with van der Waals surface area (Å²) in [5, 5.41) is 0. The van der Waals surface area contributed by atoms with Gasteiger partial charge < -0.3 is 4.74 Å². The smallest absolute Gasteiger partial charge is 0.317 e. The van der Waals surface area contributed by atoms with E-state index in [2.05, 4.69) is 65.4 Å². The Hall–Kier alpha value is -1.38. The molecule has 1 saturated heterocycles. The van der Waals surface area contributed by atoms with E-state index in [9.17, 15) is 9.59 Å². The zero-order valence-electron chi connectivity index (χ0n) is 17.4. The number of cyclic esters (lactones) is 2. The molecule has 0 aromatic carbocycles. The van der Waals surface area contributed by atoms with E-state index in [0.717, 1.165) is 19.3 Å². The molecular formula is C22H36O3. The summed E-state index contributed by atoms with van der Waals surface area (Å²) in [5.74, 6) is -1.07. The van der Waals surface area contributed by atoms with E-state index in [-0.39, 0.29) is 35.1 Å². The number of hydrogen-bond acceptors (Lipinski definition) is 3. The topological polar surface area (TPSA) is 43.4 Å². The Kier molecular flexibility index (Phi) is 7.22. The number of hydrogen-bond donors (Lipinski definition) is 0. The number of esters is 2. The van der Waals surface area contributed by atoms with Crippen LogP contribution in [0, 0.1) is 22.7 Å². The van der Waals surface area contributed by atoms with Gasteiger partial charge >= 0.3 is 11.9 Å². The molecule has 0 saturated carbocycles. The van der Waals surface area contributed by atoms with E-state index >= 15 is 0 Å². The predicted octanol–water partition coefficient (Wildman–Crippen LogP) is 5.85. The molecule has 0 radical (unpaired) electrons. The van der Waals surface area contributed by atoms with E-state index in [1.807, 2.05) is 6.92 Å². The first-order valence-corrected chi connectivity index (χ1v) is 9.47. The van der Waals surface area contributed by atoms with Crippen molar-refractivity contribution in [2.24, 2.45) is 22.7 Å². The summed E-state index contributed by atoms with van der Waals surface area (Å²) < 4.78 is 4.68. The maximum atomic E-state index is 11.8. The normalized spacial score (nSPS) is 21.5. The van der Waals surface area contributed by atoms with Crippen LogP contribution in [0.15, 0.2) is 23.3 Å². The zero-order chi connectivity index (χ0) is 19.4. The van der Waals surface area contributed by atoms with Crippen molar-refractivity contribution in [2.75, 3.05) is 0 Å². The maximum Gasteiger partial charge on any atom is 0.317 e. The number of carbonyl (C=O) groups is 2. The van der Waals surface area contributed by atoms with Gasteiger partial charge in [-0.25, -0.2) is 0 Å². The fraction of sp³-hybridized carbons (Fsp3) is 0.727. The van der Waals surface area contributed by atoms with Crippen molar-refractivity contribution in [3.63, 3.8) is 0 Å². The summed E-state index contributed by atoms with van der Waals surface area (Å²) in [6.45, 7) is 17.8. The van der Waals surface area contributed by atoms with Gasteiger partial charge in [0.15, 0.2) is 0 Å². The Labute approximate surface area is 153 Å². The highest BCUT2D eigenvalue weighted by molar-refractivity contribution is 5.94. The minimum Gasteiger partial charge on any atom is -0.393 e. The summed E-state index contributed by atoms with van der Waals surface area (Å²) in [4.78, 5) is 23.0. The third kappa shape index (κ3) is 5.83. The number of rotatable bonds is 8. The monoisotopic (exact) mass is 348 g/mol. The number of carbonyl (C=O) groups excluding carboxylic acids is 2. The lowest BCUT2D eigenvalue weighted by Crippen LogP contribution is -2.32. The number of ether oxygens (including phenoxy) is 1. The molecule has 0 aromatic rings. The number of allylic oxidation sites excluding steroid dienone is 4. The standard InChI is InChI=1S/C22H36O3/c1-9-15(2)10-11-21(5,6)22(7,8)14-16(3)12-17(4)18-13-19(23)25-20(18)24/h10,12,17-18H,9,11,13-14H2,1-8H3/b15-10-,16-12+. The lowest BCUT2D eigenvalue weighted by molar-refractivity contribution is -0.153. The Morgan fingerprint density at radius 3 is 2.24 bits per heavy atom. The third-order valence-corrected chi connectivity index (χ3v) is 6.16. The third-order valence-electron chi connectivity index (χ3n) is 6.16. The average Bonchev–Trinajstić information content (AvgIpc) is 2.82. The molecule has 0 aliphatic carbocycles. The second-order valence-corrected chi connectivity index (χ2v) is 9.03. The van der Waals surface area contributed by atoms with Crippen LogP contribution in [0.2, 0.25) is 0 Å². The van der Waals surface area contributed by atoms with Crippen LogP contribution in [-0.4, -0.2) is 11.9 Å². The summed E-state index contributed by atoms with van der Waals surface area (Å²) in [5.41, 5.74) is 3.01. The van der Waals surface area contributed by atoms with Gasteiger partial charge in [-0.3, -0.25) is 9.59 Å². The van der Waals surface area contributed by atoms with Gasteiger partial charge in [0, 0.05) is 0 Å². The molecular weight excluding hydrogens is 312 g/mol. The quantitative estimate of drug-likeness (QED) is 0.314. The van der Waals surface area contributed by atoms with E-state index < -0.39 is 5.97 Å². The van der Waals surface area contributed by atoms with Crippen LogP contribution in [0.3, 0.4) is 0 Å². The van der Waals surface area contributed by atoms with Gasteiger partial charge in [0.05, 0.1) is 12.3 Å². The SMILES string of the molecule is CC/C(C)=C\CC(C)(C)C(C)(C)C/C(C)=C/C(C)C1CC(=O)OC1=O. The summed E-state index contributed by atoms with van der Waals surface area (Å²) >= 11 is 0. The molecule has 2 unspecified atom stereocenters. The predicted molar refractivity (Wildman–Crippen MR) is 103 cm³/mol. The van der Waals surface area contributed by atoms with Gasteiger partial charge in [-0.1, -0.05) is 64.8 Å². The molecule has 0 amide bonds. The fourth-order valence-corrected chi connectivity index (χ4v) is 3.30. The van der Waals surface area contributed by atoms with Gasteiger partial charge in [0.1, 0.15) is 0 Å². The van der Waals surface area contributed by atoms with Crippen molar-refractivity contribution in [3.05, 3.63) is 23.3 Å². The molecule has 3 heteroatoms. The molecule has 1 aliphatic heterocycles. The van der Waals surface area contributed by atoms with Crippen molar-refractivity contribution < 1.29 is 14.3 Å². The molecule has 1 aliphatic rings. The van der Waals surface area contributed by atoms with Crippen LogP contribution >= 0.6 is 0 Å². The largest absolute Gasteiger partial charge is 0.393 e. The Balaban J connectivity index is 2.80. The molecule has 3 nitrogen and oxygen atoms in total. The van der Waals surface area contributed by atoms with Gasteiger partial charge in [-0.2, -0.15) is 0 Å². The van der Waals surface area contributed by atoms with Crippen LogP contribution in [0.25, 0.3) is 0 Å². The van der Waals surface area contributed by atoms with Gasteiger partial charge in [-0.05, 0) is 49.9 Å². The zero-order valence-corrected chi connectivity index (χ0v) is 17.4. The molecule has 0 spiro atoms. The van der Waals surface area contributed by atoms with E-state index in [1.165, 1.54) is 11.1 Å². The second kappa shape index (κ2) is 8.33. The van der Waals surface area contributed by atoms with Gasteiger partial charge in [0.25, 0.3) is 0 Å². The lowest BCUT2D eigenvalue weighted by atomic mass is 9.63. The molecule has 1 heterocycles. The van der Waals surface area contributed by atoms with Gasteiger partial charge in [-0.15, -0.1) is 0 Å². The first kappa shape index (κ1) is 21.7. The van der Waals surface area contributed by atoms with E-state index in [0.29, 0.717) is 0 Å². The average molecular weight is 349 g/mol. The van der Waals surface area contributed by atoms with Crippen LogP contribution < -0.4 is 0 Å². The molecule has 142 valence electrons. The Morgan fingerprint density at radius 2 is 1.76 bits per heavy atom. The molecule has 0 bridgehead atoms. The molecule has 0 N–H and O–H groups in total. The van der Waals surface area contributed by atoms with Crippen molar-refractivity contribution in [1.82, 2.24) is 0 Å². The van der Waals surface area contributed by atoms with Crippen LogP contribution in [0.5, 0.6) is 0 Å². The molecule has 1 rings (SSSR count). The highest BCUT2D eigenvalue weighted by Crippen LogP contribution is 2.46. The van der Waals surface area contributed by atoms with Crippen LogP contribution in [0.1, 0.15) is 81.1 Å². The van der Waals surface area contributed by atoms with Crippen molar-refractivity contribution >= 4 is 11.9 Å². The minimum absolute atomic E-state index is 0.0279. The van der Waals surface area contributed by atoms with Gasteiger partial charge in [0.2, 0.25) is 0 Å². The van der Waals surface area contributed by atoms with Crippen LogP contribution in [-0.2, 0) is 14.3 Å². The summed E-state index contributed by atoms with van der Waals surface area (Å²) in [6.07, 6.45) is 7.85. The van der Waals surface area contributed by atoms with Crippen molar-refractivity contribution in [1.29, 1.82) is 0 Å². The lowest BCUT2D eigenvalue weighted by Gasteiger charge is -2.42. The van der Waals surface area contributed by atoms with Crippen molar-refractivity contribution in [3.8, 4) is 0 Å². The molecule has 25 heavy (non-hydrogen) atoms. The minimum atomic E-state index is -0.396. The second-order valence-electron chi connectivity index (χ2n) is 9.03. The van der Waals surface area contributed by atoms with E-state index in [4.69, 9.17) is 0 Å². The highest BCUT2D eigenvalue weighted by Gasteiger charge is 2.38. The van der Waals surface area contributed by atoms with Crippen LogP contribution in [0.4, 0.5) is 0 Å². The molecule has 1 fully saturated rings. The van der Waals surface area contributed by atoms with E-state index in [1.54, 1.807) is 0 Å². The fourth-order valence-electron chi connectivity index (χ4n) is 3.30. The first-order chi connectivity index (χ1) is 11.4. The highest BCUT2D eigenvalue weighted by atomic mass is 16.6. The molecule has 0 aromatic heterocycles. The van der Waals surface area contributed by atoms with Crippen molar-refractivity contribution in [2.45, 2.75) is 81.1 Å². The Bertz CT molecular complexity index is 564. The Morgan fingerprint density at radius 1 is 1.16 bits per heavy atom. The maximum absolute atomic E-state index is 11.8. The summed E-state index contributed by atoms with van der Waals surface area (Å²) in [7, 11) is 0. The molecule has 2 atom stereocenters.